The molecule has 1 aliphatic rings. The maximum absolute atomic E-state index is 13.3. The first-order chi connectivity index (χ1) is 9.27. The fourth-order valence-corrected chi connectivity index (χ4v) is 3.25. The van der Waals surface area contributed by atoms with E-state index in [0.717, 1.165) is 0 Å². The normalized spacial score (nSPS) is 18.1. The van der Waals surface area contributed by atoms with Crippen molar-refractivity contribution in [3.05, 3.63) is 23.5 Å². The van der Waals surface area contributed by atoms with Crippen LogP contribution in [0, 0.1) is 12.7 Å². The topological polar surface area (TPSA) is 75.4 Å². The molecule has 112 valence electrons. The molecule has 1 aromatic rings. The van der Waals surface area contributed by atoms with Crippen molar-refractivity contribution >= 4 is 21.4 Å². The average molecular weight is 301 g/mol. The molecule has 1 aliphatic heterocycles. The SMILES string of the molecule is Cc1cc(NC2CCN(S(C)(=O)=O)CC2)c(N)cc1F. The molecule has 0 radical (unpaired) electrons. The Morgan fingerprint density at radius 1 is 1.35 bits per heavy atom. The molecule has 2 rings (SSSR count). The van der Waals surface area contributed by atoms with Crippen molar-refractivity contribution < 1.29 is 12.8 Å². The van der Waals surface area contributed by atoms with Gasteiger partial charge in [0.2, 0.25) is 10.0 Å². The van der Waals surface area contributed by atoms with E-state index in [1.165, 1.54) is 16.6 Å². The second-order valence-corrected chi connectivity index (χ2v) is 7.25. The molecule has 0 spiro atoms. The van der Waals surface area contributed by atoms with E-state index in [0.29, 0.717) is 42.9 Å². The maximum atomic E-state index is 13.3. The summed E-state index contributed by atoms with van der Waals surface area (Å²) < 4.78 is 37.7. The number of sulfonamides is 1. The second-order valence-electron chi connectivity index (χ2n) is 5.27. The number of benzene rings is 1. The fraction of sp³-hybridized carbons (Fsp3) is 0.538. The molecule has 3 N–H and O–H groups in total. The van der Waals surface area contributed by atoms with Gasteiger partial charge in [-0.15, -0.1) is 0 Å². The van der Waals surface area contributed by atoms with Crippen molar-refractivity contribution in [3.8, 4) is 0 Å². The number of nitrogens with zero attached hydrogens (tertiary/aromatic N) is 1. The molecule has 0 unspecified atom stereocenters. The zero-order valence-corrected chi connectivity index (χ0v) is 12.5. The highest BCUT2D eigenvalue weighted by atomic mass is 32.2. The Morgan fingerprint density at radius 2 is 1.95 bits per heavy atom. The highest BCUT2D eigenvalue weighted by Crippen LogP contribution is 2.25. The minimum atomic E-state index is -3.11. The molecule has 1 aromatic carbocycles. The number of anilines is 2. The van der Waals surface area contributed by atoms with E-state index in [1.54, 1.807) is 13.0 Å². The first kappa shape index (κ1) is 15.1. The Kier molecular flexibility index (Phi) is 4.19. The summed E-state index contributed by atoms with van der Waals surface area (Å²) in [6.45, 7) is 2.68. The van der Waals surface area contributed by atoms with E-state index in [1.807, 2.05) is 0 Å². The number of piperidine rings is 1. The van der Waals surface area contributed by atoms with Crippen LogP contribution in [0.25, 0.3) is 0 Å². The van der Waals surface area contributed by atoms with Gasteiger partial charge in [0.1, 0.15) is 5.82 Å². The first-order valence-corrected chi connectivity index (χ1v) is 8.39. The van der Waals surface area contributed by atoms with Crippen molar-refractivity contribution in [2.75, 3.05) is 30.4 Å². The lowest BCUT2D eigenvalue weighted by atomic mass is 10.1. The lowest BCUT2D eigenvalue weighted by Gasteiger charge is -2.31. The van der Waals surface area contributed by atoms with Crippen LogP contribution in [0.1, 0.15) is 18.4 Å². The largest absolute Gasteiger partial charge is 0.397 e. The smallest absolute Gasteiger partial charge is 0.211 e. The summed E-state index contributed by atoms with van der Waals surface area (Å²) in [4.78, 5) is 0. The molecule has 5 nitrogen and oxygen atoms in total. The predicted octanol–water partition coefficient (Wildman–Crippen LogP) is 1.55. The second kappa shape index (κ2) is 5.57. The molecule has 0 aromatic heterocycles. The van der Waals surface area contributed by atoms with Crippen LogP contribution in [0.4, 0.5) is 15.8 Å². The Balaban J connectivity index is 2.01. The van der Waals surface area contributed by atoms with Gasteiger partial charge in [-0.2, -0.15) is 0 Å². The third-order valence-electron chi connectivity index (χ3n) is 3.61. The first-order valence-electron chi connectivity index (χ1n) is 6.54. The number of hydrogen-bond donors (Lipinski definition) is 2. The van der Waals surface area contributed by atoms with Gasteiger partial charge in [0.15, 0.2) is 0 Å². The van der Waals surface area contributed by atoms with E-state index in [4.69, 9.17) is 5.73 Å². The number of rotatable bonds is 3. The maximum Gasteiger partial charge on any atom is 0.211 e. The summed E-state index contributed by atoms with van der Waals surface area (Å²) in [5.74, 6) is -0.319. The number of hydrogen-bond acceptors (Lipinski definition) is 4. The summed E-state index contributed by atoms with van der Waals surface area (Å²) in [6.07, 6.45) is 2.65. The molecule has 7 heteroatoms. The molecule has 1 heterocycles. The van der Waals surface area contributed by atoms with Crippen molar-refractivity contribution in [3.63, 3.8) is 0 Å². The summed E-state index contributed by atoms with van der Waals surface area (Å²) >= 11 is 0. The number of nitrogens with two attached hydrogens (primary N) is 1. The van der Waals surface area contributed by atoms with Gasteiger partial charge in [0.05, 0.1) is 17.6 Å². The van der Waals surface area contributed by atoms with Crippen LogP contribution >= 0.6 is 0 Å². The molecule has 0 bridgehead atoms. The Hall–Kier alpha value is -1.34. The molecule has 0 amide bonds. The molecule has 0 saturated carbocycles. The summed E-state index contributed by atoms with van der Waals surface area (Å²) in [5, 5.41) is 3.28. The fourth-order valence-electron chi connectivity index (χ4n) is 2.37. The highest BCUT2D eigenvalue weighted by molar-refractivity contribution is 7.88. The van der Waals surface area contributed by atoms with Gasteiger partial charge in [0.25, 0.3) is 0 Å². The van der Waals surface area contributed by atoms with Crippen LogP contribution in [-0.2, 0) is 10.0 Å². The Labute approximate surface area is 119 Å². The van der Waals surface area contributed by atoms with Gasteiger partial charge >= 0.3 is 0 Å². The Morgan fingerprint density at radius 3 is 2.50 bits per heavy atom. The summed E-state index contributed by atoms with van der Waals surface area (Å²) in [7, 11) is -3.11. The van der Waals surface area contributed by atoms with Crippen molar-refractivity contribution in [1.29, 1.82) is 0 Å². The number of aryl methyl sites for hydroxylation is 1. The van der Waals surface area contributed by atoms with Crippen LogP contribution in [0.3, 0.4) is 0 Å². The van der Waals surface area contributed by atoms with Crippen LogP contribution < -0.4 is 11.1 Å². The zero-order chi connectivity index (χ0) is 14.9. The number of halogens is 1. The number of nitrogen functional groups attached to an aromatic ring is 1. The standard InChI is InChI=1S/C13H20FN3O2S/c1-9-7-13(12(15)8-11(9)14)16-10-3-5-17(6-4-10)20(2,18)19/h7-8,10,16H,3-6,15H2,1-2H3. The average Bonchev–Trinajstić information content (AvgIpc) is 2.35. The number of nitrogens with one attached hydrogen (secondary N) is 1. The van der Waals surface area contributed by atoms with Gasteiger partial charge < -0.3 is 11.1 Å². The molecular weight excluding hydrogens is 281 g/mol. The van der Waals surface area contributed by atoms with Crippen molar-refractivity contribution in [2.24, 2.45) is 0 Å². The van der Waals surface area contributed by atoms with Crippen LogP contribution in [-0.4, -0.2) is 38.1 Å². The summed E-state index contributed by atoms with van der Waals surface area (Å²) in [5.41, 5.74) is 7.42. The monoisotopic (exact) mass is 301 g/mol. The third kappa shape index (κ3) is 3.40. The molecule has 1 fully saturated rings. The third-order valence-corrected chi connectivity index (χ3v) is 4.92. The van der Waals surface area contributed by atoms with Gasteiger partial charge in [-0.3, -0.25) is 0 Å². The lowest BCUT2D eigenvalue weighted by Crippen LogP contribution is -2.41. The Bertz CT molecular complexity index is 596. The van der Waals surface area contributed by atoms with Crippen LogP contribution in [0.2, 0.25) is 0 Å². The molecule has 0 atom stereocenters. The minimum absolute atomic E-state index is 0.153. The van der Waals surface area contributed by atoms with E-state index in [2.05, 4.69) is 5.32 Å². The van der Waals surface area contributed by atoms with Gasteiger partial charge in [0, 0.05) is 19.1 Å². The highest BCUT2D eigenvalue weighted by Gasteiger charge is 2.25. The van der Waals surface area contributed by atoms with E-state index < -0.39 is 10.0 Å². The van der Waals surface area contributed by atoms with E-state index >= 15 is 0 Å². The quantitative estimate of drug-likeness (QED) is 0.831. The molecule has 1 saturated heterocycles. The summed E-state index contributed by atoms with van der Waals surface area (Å²) in [6, 6.07) is 3.15. The van der Waals surface area contributed by atoms with Crippen molar-refractivity contribution in [1.82, 2.24) is 4.31 Å². The zero-order valence-electron chi connectivity index (χ0n) is 11.7. The van der Waals surface area contributed by atoms with Gasteiger partial charge in [-0.05, 0) is 37.5 Å². The van der Waals surface area contributed by atoms with Gasteiger partial charge in [-0.25, -0.2) is 17.1 Å². The molecule has 0 aliphatic carbocycles. The van der Waals surface area contributed by atoms with Crippen LogP contribution in [0.15, 0.2) is 12.1 Å². The minimum Gasteiger partial charge on any atom is -0.397 e. The molecular formula is C13H20FN3O2S. The van der Waals surface area contributed by atoms with Crippen molar-refractivity contribution in [2.45, 2.75) is 25.8 Å². The predicted molar refractivity (Wildman–Crippen MR) is 78.6 cm³/mol. The van der Waals surface area contributed by atoms with E-state index in [9.17, 15) is 12.8 Å². The molecule has 20 heavy (non-hydrogen) atoms. The van der Waals surface area contributed by atoms with E-state index in [-0.39, 0.29) is 11.9 Å². The van der Waals surface area contributed by atoms with Gasteiger partial charge in [-0.1, -0.05) is 0 Å². The van der Waals surface area contributed by atoms with Crippen LogP contribution in [0.5, 0.6) is 0 Å². The lowest BCUT2D eigenvalue weighted by molar-refractivity contribution is 0.332.